The van der Waals surface area contributed by atoms with Gasteiger partial charge in [0.2, 0.25) is 0 Å². The molecule has 0 spiro atoms. The van der Waals surface area contributed by atoms with Gasteiger partial charge in [-0.3, -0.25) is 4.90 Å². The van der Waals surface area contributed by atoms with Crippen LogP contribution in [0.15, 0.2) is 0 Å². The molecule has 0 bridgehead atoms. The van der Waals surface area contributed by atoms with Crippen LogP contribution in [-0.2, 0) is 14.2 Å². The molecule has 28 heavy (non-hydrogen) atoms. The van der Waals surface area contributed by atoms with Gasteiger partial charge in [0.15, 0.2) is 0 Å². The minimum atomic E-state index is 0.00986. The highest BCUT2D eigenvalue weighted by Crippen LogP contribution is 2.52. The molecule has 4 nitrogen and oxygen atoms in total. The van der Waals surface area contributed by atoms with Gasteiger partial charge in [0.05, 0.1) is 17.8 Å². The second-order valence-electron chi connectivity index (χ2n) is 11.0. The van der Waals surface area contributed by atoms with Crippen LogP contribution in [0.3, 0.4) is 0 Å². The fraction of sp³-hybridized carbons (Fsp3) is 1.00. The lowest BCUT2D eigenvalue weighted by Gasteiger charge is -2.44. The van der Waals surface area contributed by atoms with E-state index in [0.717, 1.165) is 69.4 Å². The van der Waals surface area contributed by atoms with Crippen molar-refractivity contribution in [2.24, 2.45) is 23.7 Å². The maximum atomic E-state index is 6.06. The van der Waals surface area contributed by atoms with Crippen LogP contribution in [-0.4, -0.2) is 61.7 Å². The molecule has 3 fully saturated rings. The first kappa shape index (κ1) is 22.5. The quantitative estimate of drug-likeness (QED) is 0.446. The van der Waals surface area contributed by atoms with Crippen molar-refractivity contribution in [3.05, 3.63) is 0 Å². The monoisotopic (exact) mass is 395 g/mol. The Labute approximate surface area is 173 Å². The van der Waals surface area contributed by atoms with E-state index >= 15 is 0 Å². The van der Waals surface area contributed by atoms with Crippen molar-refractivity contribution < 1.29 is 14.2 Å². The van der Waals surface area contributed by atoms with Crippen LogP contribution in [0.1, 0.15) is 73.6 Å². The van der Waals surface area contributed by atoms with Gasteiger partial charge in [0, 0.05) is 39.0 Å². The number of hydrogen-bond acceptors (Lipinski definition) is 4. The largest absolute Gasteiger partial charge is 0.381 e. The first-order valence-electron chi connectivity index (χ1n) is 11.8. The molecule has 1 saturated heterocycles. The van der Waals surface area contributed by atoms with E-state index < -0.39 is 0 Å². The number of unbranched alkanes of at least 4 members (excludes halogenated alkanes) is 1. The summed E-state index contributed by atoms with van der Waals surface area (Å²) in [5, 5.41) is 0. The molecule has 2 unspecified atom stereocenters. The molecule has 0 aromatic carbocycles. The smallest absolute Gasteiger partial charge is 0.0828 e. The van der Waals surface area contributed by atoms with Gasteiger partial charge in [-0.15, -0.1) is 0 Å². The first-order chi connectivity index (χ1) is 13.2. The summed E-state index contributed by atoms with van der Waals surface area (Å²) in [5.74, 6) is 3.36. The second kappa shape index (κ2) is 9.76. The highest BCUT2D eigenvalue weighted by Gasteiger charge is 2.48. The van der Waals surface area contributed by atoms with Crippen molar-refractivity contribution >= 4 is 0 Å². The van der Waals surface area contributed by atoms with Crippen molar-refractivity contribution in [2.75, 3.05) is 32.9 Å². The molecular weight excluding hydrogens is 350 g/mol. The molecule has 0 aromatic rings. The second-order valence-corrected chi connectivity index (χ2v) is 11.0. The van der Waals surface area contributed by atoms with E-state index in [1.807, 2.05) is 0 Å². The van der Waals surface area contributed by atoms with Gasteiger partial charge in [-0.25, -0.2) is 0 Å². The van der Waals surface area contributed by atoms with E-state index in [1.165, 1.54) is 19.3 Å². The number of nitrogens with zero attached hydrogens (tertiary/aromatic N) is 1. The molecule has 3 rings (SSSR count). The molecular formula is C24H45NO3. The summed E-state index contributed by atoms with van der Waals surface area (Å²) in [6.07, 6.45) is 7.13. The molecule has 0 amide bonds. The minimum Gasteiger partial charge on any atom is -0.381 e. The molecule has 3 atom stereocenters. The predicted molar refractivity (Wildman–Crippen MR) is 115 cm³/mol. The Kier molecular flexibility index (Phi) is 7.86. The highest BCUT2D eigenvalue weighted by molar-refractivity contribution is 4.98. The molecule has 164 valence electrons. The predicted octanol–water partition coefficient (Wildman–Crippen LogP) is 4.76. The summed E-state index contributed by atoms with van der Waals surface area (Å²) < 4.78 is 18.0. The molecule has 2 saturated carbocycles. The van der Waals surface area contributed by atoms with Gasteiger partial charge in [-0.05, 0) is 83.5 Å². The van der Waals surface area contributed by atoms with Gasteiger partial charge < -0.3 is 14.2 Å². The number of rotatable bonds is 12. The Morgan fingerprint density at radius 2 is 1.61 bits per heavy atom. The van der Waals surface area contributed by atoms with Crippen LogP contribution in [0, 0.1) is 23.7 Å². The van der Waals surface area contributed by atoms with Gasteiger partial charge in [-0.1, -0.05) is 13.8 Å². The zero-order valence-corrected chi connectivity index (χ0v) is 19.3. The first-order valence-corrected chi connectivity index (χ1v) is 11.8. The Morgan fingerprint density at radius 1 is 0.929 bits per heavy atom. The average molecular weight is 396 g/mol. The Bertz CT molecular complexity index is 463. The van der Waals surface area contributed by atoms with E-state index in [4.69, 9.17) is 14.2 Å². The fourth-order valence-electron chi connectivity index (χ4n) is 4.71. The van der Waals surface area contributed by atoms with E-state index in [-0.39, 0.29) is 5.60 Å². The Morgan fingerprint density at radius 3 is 2.25 bits per heavy atom. The fourth-order valence-corrected chi connectivity index (χ4v) is 4.71. The number of ether oxygens (including phenoxy) is 3. The Balaban J connectivity index is 1.10. The third-order valence-electron chi connectivity index (χ3n) is 7.02. The van der Waals surface area contributed by atoms with E-state index in [2.05, 4.69) is 46.4 Å². The summed E-state index contributed by atoms with van der Waals surface area (Å²) in [6.45, 7) is 18.4. The third kappa shape index (κ3) is 6.68. The topological polar surface area (TPSA) is 30.9 Å². The SMILES string of the molecule is CC(C)[C@H](C)N1CC(OCCCCOCC2CC2C2CC(OC(C)(C)C)C2)C1. The minimum absolute atomic E-state index is 0.00986. The van der Waals surface area contributed by atoms with Crippen LogP contribution in [0.2, 0.25) is 0 Å². The van der Waals surface area contributed by atoms with E-state index in [0.29, 0.717) is 18.2 Å². The van der Waals surface area contributed by atoms with Crippen LogP contribution < -0.4 is 0 Å². The summed E-state index contributed by atoms with van der Waals surface area (Å²) in [5.41, 5.74) is 0.00986. The van der Waals surface area contributed by atoms with E-state index in [9.17, 15) is 0 Å². The van der Waals surface area contributed by atoms with Crippen molar-refractivity contribution in [3.8, 4) is 0 Å². The van der Waals surface area contributed by atoms with Crippen molar-refractivity contribution in [3.63, 3.8) is 0 Å². The normalized spacial score (nSPS) is 32.2. The molecule has 0 radical (unpaired) electrons. The van der Waals surface area contributed by atoms with Crippen molar-refractivity contribution in [1.29, 1.82) is 0 Å². The highest BCUT2D eigenvalue weighted by atomic mass is 16.5. The van der Waals surface area contributed by atoms with Crippen LogP contribution in [0.5, 0.6) is 0 Å². The lowest BCUT2D eigenvalue weighted by atomic mass is 9.78. The number of likely N-dealkylation sites (tertiary alicyclic amines) is 1. The summed E-state index contributed by atoms with van der Waals surface area (Å²) >= 11 is 0. The van der Waals surface area contributed by atoms with Crippen LogP contribution >= 0.6 is 0 Å². The molecule has 2 aliphatic carbocycles. The third-order valence-corrected chi connectivity index (χ3v) is 7.02. The number of hydrogen-bond donors (Lipinski definition) is 0. The maximum Gasteiger partial charge on any atom is 0.0828 e. The lowest BCUT2D eigenvalue weighted by Crippen LogP contribution is -2.57. The average Bonchev–Trinajstić information content (AvgIpc) is 3.28. The standard InChI is InChI=1S/C24H45NO3/c1-17(2)18(3)25-14-22(15-25)27-10-8-7-9-26-16-20-13-23(20)19-11-21(12-19)28-24(4,5)6/h17-23H,7-16H2,1-6H3/t18-,19?,20?,21?,23?/m0/s1. The molecule has 4 heteroatoms. The van der Waals surface area contributed by atoms with Gasteiger partial charge in [0.1, 0.15) is 0 Å². The maximum absolute atomic E-state index is 6.06. The van der Waals surface area contributed by atoms with Crippen molar-refractivity contribution in [2.45, 2.75) is 97.5 Å². The zero-order valence-electron chi connectivity index (χ0n) is 19.3. The van der Waals surface area contributed by atoms with Gasteiger partial charge in [0.25, 0.3) is 0 Å². The van der Waals surface area contributed by atoms with Crippen LogP contribution in [0.25, 0.3) is 0 Å². The van der Waals surface area contributed by atoms with Crippen molar-refractivity contribution in [1.82, 2.24) is 4.90 Å². The van der Waals surface area contributed by atoms with Crippen LogP contribution in [0.4, 0.5) is 0 Å². The molecule has 0 aromatic heterocycles. The summed E-state index contributed by atoms with van der Waals surface area (Å²) in [4.78, 5) is 2.53. The zero-order chi connectivity index (χ0) is 20.3. The van der Waals surface area contributed by atoms with E-state index in [1.54, 1.807) is 0 Å². The van der Waals surface area contributed by atoms with Gasteiger partial charge in [-0.2, -0.15) is 0 Å². The molecule has 0 N–H and O–H groups in total. The van der Waals surface area contributed by atoms with Gasteiger partial charge >= 0.3 is 0 Å². The molecule has 3 aliphatic rings. The molecule has 1 aliphatic heterocycles. The summed E-state index contributed by atoms with van der Waals surface area (Å²) in [7, 11) is 0. The lowest BCUT2D eigenvalue weighted by molar-refractivity contribution is -0.116. The summed E-state index contributed by atoms with van der Waals surface area (Å²) in [6, 6.07) is 0.677. The molecule has 1 heterocycles. The Hall–Kier alpha value is -0.160.